The molecule has 0 N–H and O–H groups in total. The summed E-state index contributed by atoms with van der Waals surface area (Å²) in [5.41, 5.74) is 1.06. The van der Waals surface area contributed by atoms with E-state index in [4.69, 9.17) is 4.42 Å². The molecule has 1 saturated carbocycles. The predicted octanol–water partition coefficient (Wildman–Crippen LogP) is 1.75. The number of oxazole rings is 1. The van der Waals surface area contributed by atoms with E-state index < -0.39 is 5.76 Å². The molecule has 5 heteroatoms. The summed E-state index contributed by atoms with van der Waals surface area (Å²) < 4.78 is 6.62. The maximum atomic E-state index is 11.7. The zero-order valence-electron chi connectivity index (χ0n) is 9.96. The first kappa shape index (κ1) is 11.2. The second kappa shape index (κ2) is 4.40. The van der Waals surface area contributed by atoms with Crippen molar-refractivity contribution < 1.29 is 9.21 Å². The molecule has 1 unspecified atom stereocenters. The van der Waals surface area contributed by atoms with Gasteiger partial charge in [0.1, 0.15) is 5.78 Å². The van der Waals surface area contributed by atoms with Crippen LogP contribution in [0, 0.1) is 5.92 Å². The van der Waals surface area contributed by atoms with E-state index in [0.717, 1.165) is 12.8 Å². The first-order valence-corrected chi connectivity index (χ1v) is 6.23. The number of Topliss-reactive ketones (excluding diaryl/α,β-unsaturated/α-hetero) is 1. The third-order valence-electron chi connectivity index (χ3n) is 3.56. The molecule has 2 aromatic heterocycles. The summed E-state index contributed by atoms with van der Waals surface area (Å²) in [6.07, 6.45) is 4.93. The van der Waals surface area contributed by atoms with Crippen molar-refractivity contribution in [2.24, 2.45) is 5.92 Å². The van der Waals surface area contributed by atoms with Crippen molar-refractivity contribution in [3.8, 4) is 0 Å². The lowest BCUT2D eigenvalue weighted by atomic mass is 10.0. The summed E-state index contributed by atoms with van der Waals surface area (Å²) in [5.74, 6) is 0.0310. The van der Waals surface area contributed by atoms with Crippen molar-refractivity contribution in [2.75, 3.05) is 0 Å². The number of hydrogen-bond donors (Lipinski definition) is 0. The quantitative estimate of drug-likeness (QED) is 0.827. The number of carbonyl (C=O) groups excluding carboxylic acids is 1. The van der Waals surface area contributed by atoms with Gasteiger partial charge in [0.15, 0.2) is 11.2 Å². The maximum absolute atomic E-state index is 11.7. The molecular weight excluding hydrogens is 232 g/mol. The molecule has 0 bridgehead atoms. The van der Waals surface area contributed by atoms with Crippen molar-refractivity contribution >= 4 is 17.0 Å². The number of aromatic nitrogens is 2. The molecule has 2 aromatic rings. The molecule has 0 radical (unpaired) electrons. The number of ketones is 1. The molecule has 18 heavy (non-hydrogen) atoms. The molecule has 1 fully saturated rings. The highest BCUT2D eigenvalue weighted by Crippen LogP contribution is 2.25. The van der Waals surface area contributed by atoms with Gasteiger partial charge in [-0.2, -0.15) is 0 Å². The van der Waals surface area contributed by atoms with Crippen LogP contribution in [0.2, 0.25) is 0 Å². The number of rotatable bonds is 3. The predicted molar refractivity (Wildman–Crippen MR) is 65.2 cm³/mol. The van der Waals surface area contributed by atoms with Gasteiger partial charge in [0, 0.05) is 25.1 Å². The highest BCUT2D eigenvalue weighted by molar-refractivity contribution is 5.82. The number of carbonyl (C=O) groups is 1. The zero-order valence-corrected chi connectivity index (χ0v) is 9.96. The molecule has 94 valence electrons. The first-order chi connectivity index (χ1) is 8.75. The minimum atomic E-state index is -0.394. The molecule has 3 rings (SSSR count). The molecule has 0 aliphatic heterocycles. The number of nitrogens with zero attached hydrogens (tertiary/aromatic N) is 2. The topological polar surface area (TPSA) is 65.1 Å². The van der Waals surface area contributed by atoms with Gasteiger partial charge in [-0.15, -0.1) is 0 Å². The van der Waals surface area contributed by atoms with Crippen LogP contribution in [0.25, 0.3) is 11.2 Å². The van der Waals surface area contributed by atoms with Crippen molar-refractivity contribution in [1.29, 1.82) is 0 Å². The van der Waals surface area contributed by atoms with Gasteiger partial charge in [0.25, 0.3) is 0 Å². The number of aryl methyl sites for hydroxylation is 1. The van der Waals surface area contributed by atoms with Gasteiger partial charge in [-0.05, 0) is 31.4 Å². The number of hydrogen-bond acceptors (Lipinski definition) is 4. The molecule has 2 heterocycles. The average molecular weight is 246 g/mol. The lowest BCUT2D eigenvalue weighted by molar-refractivity contribution is -0.120. The summed E-state index contributed by atoms with van der Waals surface area (Å²) in [5, 5.41) is 0. The lowest BCUT2D eigenvalue weighted by Crippen LogP contribution is -2.18. The van der Waals surface area contributed by atoms with E-state index in [0.29, 0.717) is 36.4 Å². The van der Waals surface area contributed by atoms with Gasteiger partial charge >= 0.3 is 5.76 Å². The van der Waals surface area contributed by atoms with Crippen LogP contribution in [0.4, 0.5) is 0 Å². The minimum absolute atomic E-state index is 0.102. The molecule has 0 spiro atoms. The summed E-state index contributed by atoms with van der Waals surface area (Å²) in [7, 11) is 0. The molecular formula is C13H14N2O3. The van der Waals surface area contributed by atoms with Crippen LogP contribution in [-0.4, -0.2) is 15.3 Å². The van der Waals surface area contributed by atoms with E-state index in [2.05, 4.69) is 4.98 Å². The highest BCUT2D eigenvalue weighted by Gasteiger charge is 2.24. The molecule has 0 amide bonds. The van der Waals surface area contributed by atoms with Crippen LogP contribution in [-0.2, 0) is 11.3 Å². The minimum Gasteiger partial charge on any atom is -0.406 e. The molecule has 1 atom stereocenters. The number of fused-ring (bicyclic) bond motifs is 1. The fourth-order valence-electron chi connectivity index (χ4n) is 2.58. The third-order valence-corrected chi connectivity index (χ3v) is 3.56. The van der Waals surface area contributed by atoms with Crippen LogP contribution < -0.4 is 5.76 Å². The molecule has 5 nitrogen and oxygen atoms in total. The Morgan fingerprint density at radius 1 is 1.44 bits per heavy atom. The zero-order chi connectivity index (χ0) is 12.5. The Hall–Kier alpha value is -1.91. The summed E-state index contributed by atoms with van der Waals surface area (Å²) in [4.78, 5) is 27.4. The summed E-state index contributed by atoms with van der Waals surface area (Å²) in [6, 6.07) is 3.46. The van der Waals surface area contributed by atoms with Gasteiger partial charge in [0.05, 0.1) is 0 Å². The van der Waals surface area contributed by atoms with Crippen LogP contribution in [0.3, 0.4) is 0 Å². The Kier molecular flexibility index (Phi) is 2.74. The summed E-state index contributed by atoms with van der Waals surface area (Å²) >= 11 is 0. The highest BCUT2D eigenvalue weighted by atomic mass is 16.4. The third kappa shape index (κ3) is 1.85. The molecule has 1 aliphatic rings. The van der Waals surface area contributed by atoms with Crippen molar-refractivity contribution in [2.45, 2.75) is 32.2 Å². The van der Waals surface area contributed by atoms with Crippen LogP contribution in [0.15, 0.2) is 27.5 Å². The van der Waals surface area contributed by atoms with Crippen LogP contribution >= 0.6 is 0 Å². The van der Waals surface area contributed by atoms with Crippen molar-refractivity contribution in [1.82, 2.24) is 9.55 Å². The fraction of sp³-hybridized carbons (Fsp3) is 0.462. The number of pyridine rings is 1. The molecule has 0 saturated heterocycles. The van der Waals surface area contributed by atoms with E-state index in [1.807, 2.05) is 0 Å². The second-order valence-electron chi connectivity index (χ2n) is 4.69. The Morgan fingerprint density at radius 3 is 3.11 bits per heavy atom. The van der Waals surface area contributed by atoms with E-state index in [1.165, 1.54) is 4.57 Å². The fourth-order valence-corrected chi connectivity index (χ4v) is 2.58. The average Bonchev–Trinajstić information content (AvgIpc) is 2.90. The SMILES string of the molecule is O=C1CCCC1CCn1c(=O)oc2cccnc21. The summed E-state index contributed by atoms with van der Waals surface area (Å²) in [6.45, 7) is 0.499. The molecule has 1 aliphatic carbocycles. The monoisotopic (exact) mass is 246 g/mol. The first-order valence-electron chi connectivity index (χ1n) is 6.23. The van der Waals surface area contributed by atoms with Crippen LogP contribution in [0.1, 0.15) is 25.7 Å². The van der Waals surface area contributed by atoms with E-state index in [-0.39, 0.29) is 5.92 Å². The Bertz CT molecular complexity index is 641. The standard InChI is InChI=1S/C13H14N2O3/c16-10-4-1-3-9(10)6-8-15-12-11(18-13(15)17)5-2-7-14-12/h2,5,7,9H,1,3-4,6,8H2. The molecule has 0 aromatic carbocycles. The Balaban J connectivity index is 1.84. The van der Waals surface area contributed by atoms with E-state index >= 15 is 0 Å². The van der Waals surface area contributed by atoms with Gasteiger partial charge < -0.3 is 4.42 Å². The van der Waals surface area contributed by atoms with Gasteiger partial charge in [-0.3, -0.25) is 9.36 Å². The van der Waals surface area contributed by atoms with Gasteiger partial charge in [-0.1, -0.05) is 0 Å². The van der Waals surface area contributed by atoms with Crippen LogP contribution in [0.5, 0.6) is 0 Å². The largest absolute Gasteiger partial charge is 0.421 e. The Morgan fingerprint density at radius 2 is 2.33 bits per heavy atom. The second-order valence-corrected chi connectivity index (χ2v) is 4.69. The van der Waals surface area contributed by atoms with E-state index in [1.54, 1.807) is 18.3 Å². The van der Waals surface area contributed by atoms with Crippen molar-refractivity contribution in [3.63, 3.8) is 0 Å². The normalized spacial score (nSPS) is 19.8. The van der Waals surface area contributed by atoms with Gasteiger partial charge in [0.2, 0.25) is 0 Å². The maximum Gasteiger partial charge on any atom is 0.421 e. The van der Waals surface area contributed by atoms with Gasteiger partial charge in [-0.25, -0.2) is 9.78 Å². The smallest absolute Gasteiger partial charge is 0.406 e. The Labute approximate surface area is 103 Å². The van der Waals surface area contributed by atoms with E-state index in [9.17, 15) is 9.59 Å². The lowest BCUT2D eigenvalue weighted by Gasteiger charge is -2.07. The van der Waals surface area contributed by atoms with Crippen molar-refractivity contribution in [3.05, 3.63) is 28.9 Å².